The second kappa shape index (κ2) is 9.67. The zero-order valence-corrected chi connectivity index (χ0v) is 20.5. The van der Waals surface area contributed by atoms with E-state index in [1.165, 1.54) is 10.9 Å². The zero-order valence-electron chi connectivity index (χ0n) is 20.5. The van der Waals surface area contributed by atoms with Crippen LogP contribution in [0.1, 0.15) is 16.1 Å². The minimum Gasteiger partial charge on any atom is -0.497 e. The summed E-state index contributed by atoms with van der Waals surface area (Å²) in [7, 11) is 1.60. The van der Waals surface area contributed by atoms with Crippen molar-refractivity contribution in [3.8, 4) is 28.1 Å². The molecule has 0 saturated heterocycles. The summed E-state index contributed by atoms with van der Waals surface area (Å²) in [5, 5.41) is 8.14. The van der Waals surface area contributed by atoms with E-state index >= 15 is 0 Å². The summed E-state index contributed by atoms with van der Waals surface area (Å²) in [4.78, 5) is 32.5. The second-order valence-corrected chi connectivity index (χ2v) is 8.79. The lowest BCUT2D eigenvalue weighted by Gasteiger charge is -2.23. The minimum atomic E-state index is -0.481. The summed E-state index contributed by atoms with van der Waals surface area (Å²) in [5.74, 6) is 0.856. The van der Waals surface area contributed by atoms with Gasteiger partial charge in [-0.3, -0.25) is 9.78 Å². The number of allylic oxidation sites excluding steroid dienone is 2. The molecule has 0 unspecified atom stereocenters. The fourth-order valence-corrected chi connectivity index (χ4v) is 4.75. The Morgan fingerprint density at radius 3 is 2.18 bits per heavy atom. The number of anilines is 1. The van der Waals surface area contributed by atoms with Gasteiger partial charge < -0.3 is 10.1 Å². The van der Waals surface area contributed by atoms with Gasteiger partial charge in [0, 0.05) is 29.4 Å². The number of nitrogens with one attached hydrogen (secondary N) is 2. The topological polar surface area (TPSA) is 102 Å². The number of nitrogens with zero attached hydrogens (tertiary/aromatic N) is 3. The van der Waals surface area contributed by atoms with E-state index in [1.807, 2.05) is 84.9 Å². The van der Waals surface area contributed by atoms with Crippen LogP contribution in [0.5, 0.6) is 5.75 Å². The highest BCUT2D eigenvalue weighted by molar-refractivity contribution is 6.23. The van der Waals surface area contributed by atoms with Crippen LogP contribution in [0, 0.1) is 0 Å². The number of carbonyl (C=O) groups is 1. The average Bonchev–Trinajstić information content (AvgIpc) is 3.34. The molecular weight excluding hydrogens is 478 g/mol. The summed E-state index contributed by atoms with van der Waals surface area (Å²) < 4.78 is 6.82. The van der Waals surface area contributed by atoms with Crippen LogP contribution in [0.2, 0.25) is 0 Å². The first-order valence-electron chi connectivity index (χ1n) is 12.1. The first-order valence-corrected chi connectivity index (χ1v) is 12.1. The lowest BCUT2D eigenvalue weighted by molar-refractivity contribution is 0.0958. The van der Waals surface area contributed by atoms with Crippen LogP contribution in [-0.2, 0) is 6.42 Å². The van der Waals surface area contributed by atoms with Crippen molar-refractivity contribution in [2.24, 2.45) is 0 Å². The van der Waals surface area contributed by atoms with Crippen molar-refractivity contribution in [3.05, 3.63) is 125 Å². The maximum atomic E-state index is 14.2. The molecule has 2 aromatic heterocycles. The van der Waals surface area contributed by atoms with Gasteiger partial charge in [-0.1, -0.05) is 72.8 Å². The van der Waals surface area contributed by atoms with Crippen molar-refractivity contribution in [2.45, 2.75) is 6.42 Å². The number of hydrogen-bond acceptors (Lipinski definition) is 6. The van der Waals surface area contributed by atoms with Crippen LogP contribution in [0.4, 0.5) is 5.82 Å². The van der Waals surface area contributed by atoms with Crippen LogP contribution in [0.25, 0.3) is 28.0 Å². The number of fused-ring (bicyclic) bond motifs is 1. The van der Waals surface area contributed by atoms with E-state index in [0.29, 0.717) is 34.8 Å². The highest BCUT2D eigenvalue weighted by Gasteiger charge is 2.33. The molecule has 0 bridgehead atoms. The molecule has 3 aromatic carbocycles. The highest BCUT2D eigenvalue weighted by atomic mass is 16.5. The second-order valence-electron chi connectivity index (χ2n) is 8.79. The number of benzene rings is 3. The minimum absolute atomic E-state index is 0.269. The number of methoxy groups -OCH3 is 1. The summed E-state index contributed by atoms with van der Waals surface area (Å²) in [5.41, 5.74) is 5.59. The molecular formula is C30H23N5O3. The van der Waals surface area contributed by atoms with Gasteiger partial charge in [0.25, 0.3) is 5.91 Å². The van der Waals surface area contributed by atoms with Crippen LogP contribution in [0.3, 0.4) is 0 Å². The standard InChI is InChI=1S/C30H23N5O3/c1-38-22-14-12-20(13-15-22)26-23(32-25-16-17-31-30(37)33-25)18-24-27(19-8-4-2-5-9-19)28(34-35(24)29(26)36)21-10-6-3-7-11-21/h2-17H,18H2,1H3,(H2,31,32,33,37). The Bertz CT molecular complexity index is 1720. The number of H-pyrrole nitrogens is 1. The molecule has 186 valence electrons. The van der Waals surface area contributed by atoms with Gasteiger partial charge in [0.15, 0.2) is 0 Å². The molecule has 0 atom stereocenters. The van der Waals surface area contributed by atoms with Gasteiger partial charge in [-0.2, -0.15) is 9.78 Å². The quantitative estimate of drug-likeness (QED) is 0.338. The van der Waals surface area contributed by atoms with E-state index in [-0.39, 0.29) is 5.91 Å². The fraction of sp³-hybridized carbons (Fsp3) is 0.0667. The molecule has 0 spiro atoms. The summed E-state index contributed by atoms with van der Waals surface area (Å²) in [6.07, 6.45) is 1.80. The van der Waals surface area contributed by atoms with Crippen molar-refractivity contribution in [1.82, 2.24) is 19.7 Å². The van der Waals surface area contributed by atoms with Gasteiger partial charge >= 0.3 is 5.69 Å². The maximum Gasteiger partial charge on any atom is 0.346 e. The molecule has 0 amide bonds. The van der Waals surface area contributed by atoms with Crippen LogP contribution < -0.4 is 15.7 Å². The Labute approximate surface area is 218 Å². The maximum absolute atomic E-state index is 14.2. The Morgan fingerprint density at radius 1 is 0.842 bits per heavy atom. The highest BCUT2D eigenvalue weighted by Crippen LogP contribution is 2.40. The Balaban J connectivity index is 1.56. The van der Waals surface area contributed by atoms with Crippen LogP contribution in [0.15, 0.2) is 108 Å². The third kappa shape index (κ3) is 4.18. The van der Waals surface area contributed by atoms with Crippen molar-refractivity contribution >= 4 is 17.3 Å². The summed E-state index contributed by atoms with van der Waals surface area (Å²) in [6, 6.07) is 28.7. The fourth-order valence-electron chi connectivity index (χ4n) is 4.75. The zero-order chi connectivity index (χ0) is 26.1. The van der Waals surface area contributed by atoms with E-state index in [4.69, 9.17) is 9.84 Å². The van der Waals surface area contributed by atoms with E-state index in [0.717, 1.165) is 28.1 Å². The number of rotatable bonds is 6. The largest absolute Gasteiger partial charge is 0.497 e. The van der Waals surface area contributed by atoms with Crippen molar-refractivity contribution < 1.29 is 9.53 Å². The normalized spacial score (nSPS) is 12.8. The molecule has 3 heterocycles. The molecule has 0 fully saturated rings. The molecule has 1 aliphatic heterocycles. The lowest BCUT2D eigenvalue weighted by atomic mass is 9.92. The summed E-state index contributed by atoms with van der Waals surface area (Å²) in [6.45, 7) is 0. The van der Waals surface area contributed by atoms with Crippen molar-refractivity contribution in [3.63, 3.8) is 0 Å². The predicted molar refractivity (Wildman–Crippen MR) is 146 cm³/mol. The first kappa shape index (κ1) is 23.2. The predicted octanol–water partition coefficient (Wildman–Crippen LogP) is 5.03. The molecule has 1 aliphatic rings. The van der Waals surface area contributed by atoms with E-state index in [1.54, 1.807) is 13.2 Å². The molecule has 0 aliphatic carbocycles. The first-order chi connectivity index (χ1) is 18.6. The van der Waals surface area contributed by atoms with Crippen LogP contribution >= 0.6 is 0 Å². The Hall–Kier alpha value is -5.24. The molecule has 5 aromatic rings. The monoisotopic (exact) mass is 501 g/mol. The molecule has 0 radical (unpaired) electrons. The van der Waals surface area contributed by atoms with Crippen molar-refractivity contribution in [1.29, 1.82) is 0 Å². The lowest BCUT2D eigenvalue weighted by Crippen LogP contribution is -2.27. The Morgan fingerprint density at radius 2 is 1.53 bits per heavy atom. The average molecular weight is 502 g/mol. The molecule has 6 rings (SSSR count). The molecule has 38 heavy (non-hydrogen) atoms. The summed E-state index contributed by atoms with van der Waals surface area (Å²) >= 11 is 0. The van der Waals surface area contributed by atoms with E-state index in [9.17, 15) is 9.59 Å². The SMILES string of the molecule is COc1ccc(C2=C(Nc3ccnc(=O)[nH]3)Cc3c(-c4ccccc4)c(-c4ccccc4)nn3C2=O)cc1. The molecule has 8 nitrogen and oxygen atoms in total. The third-order valence-corrected chi connectivity index (χ3v) is 6.48. The van der Waals surface area contributed by atoms with Gasteiger partial charge in [0.05, 0.1) is 18.4 Å². The Kier molecular flexibility index (Phi) is 5.89. The molecule has 8 heteroatoms. The van der Waals surface area contributed by atoms with Gasteiger partial charge in [0.2, 0.25) is 0 Å². The molecule has 2 N–H and O–H groups in total. The van der Waals surface area contributed by atoms with Crippen LogP contribution in [-0.4, -0.2) is 32.8 Å². The number of aromatic amines is 1. The van der Waals surface area contributed by atoms with Gasteiger partial charge in [-0.05, 0) is 29.3 Å². The van der Waals surface area contributed by atoms with E-state index in [2.05, 4.69) is 15.3 Å². The molecule has 0 saturated carbocycles. The number of carbonyl (C=O) groups excluding carboxylic acids is 1. The van der Waals surface area contributed by atoms with E-state index < -0.39 is 5.69 Å². The number of aromatic nitrogens is 4. The number of hydrogen-bond donors (Lipinski definition) is 2. The third-order valence-electron chi connectivity index (χ3n) is 6.48. The van der Waals surface area contributed by atoms with Gasteiger partial charge in [-0.25, -0.2) is 9.78 Å². The number of ether oxygens (including phenoxy) is 1. The van der Waals surface area contributed by atoms with Crippen molar-refractivity contribution in [2.75, 3.05) is 12.4 Å². The smallest absolute Gasteiger partial charge is 0.346 e. The van der Waals surface area contributed by atoms with Gasteiger partial charge in [-0.15, -0.1) is 0 Å². The van der Waals surface area contributed by atoms with Gasteiger partial charge in [0.1, 0.15) is 17.3 Å².